The highest BCUT2D eigenvalue weighted by molar-refractivity contribution is 9.10. The zero-order chi connectivity index (χ0) is 13.8. The average molecular weight is 325 g/mol. The molecule has 102 valence electrons. The van der Waals surface area contributed by atoms with Crippen LogP contribution in [0.3, 0.4) is 0 Å². The van der Waals surface area contributed by atoms with Crippen molar-refractivity contribution in [1.82, 2.24) is 9.55 Å². The van der Waals surface area contributed by atoms with Gasteiger partial charge < -0.3 is 14.0 Å². The molecule has 0 radical (unpaired) electrons. The number of nitrogens with zero attached hydrogens (tertiary/aromatic N) is 2. The third kappa shape index (κ3) is 3.10. The topological polar surface area (TPSA) is 36.3 Å². The molecule has 0 atom stereocenters. The summed E-state index contributed by atoms with van der Waals surface area (Å²) in [5.41, 5.74) is 2.17. The van der Waals surface area contributed by atoms with E-state index in [0.29, 0.717) is 0 Å². The second kappa shape index (κ2) is 6.10. The molecule has 0 aliphatic rings. The number of aryl methyl sites for hydroxylation is 3. The Labute approximate surface area is 121 Å². The van der Waals surface area contributed by atoms with Gasteiger partial charge >= 0.3 is 0 Å². The van der Waals surface area contributed by atoms with Crippen molar-refractivity contribution in [3.05, 3.63) is 40.4 Å². The maximum Gasteiger partial charge on any atom is 0.122 e. The third-order valence-electron chi connectivity index (χ3n) is 3.05. The van der Waals surface area contributed by atoms with Crippen LogP contribution in [0.2, 0.25) is 0 Å². The number of ether oxygens (including phenoxy) is 2. The minimum atomic E-state index is 0.843. The van der Waals surface area contributed by atoms with Crippen LogP contribution in [-0.2, 0) is 19.9 Å². The summed E-state index contributed by atoms with van der Waals surface area (Å²) in [6.45, 7) is 0. The molecule has 0 amide bonds. The van der Waals surface area contributed by atoms with E-state index in [1.807, 2.05) is 36.1 Å². The van der Waals surface area contributed by atoms with E-state index in [-0.39, 0.29) is 0 Å². The van der Waals surface area contributed by atoms with Crippen molar-refractivity contribution in [3.8, 4) is 11.5 Å². The summed E-state index contributed by atoms with van der Waals surface area (Å²) in [5.74, 6) is 1.73. The summed E-state index contributed by atoms with van der Waals surface area (Å²) in [4.78, 5) is 4.37. The van der Waals surface area contributed by atoms with Crippen LogP contribution in [0, 0.1) is 0 Å². The summed E-state index contributed by atoms with van der Waals surface area (Å²) in [6.07, 6.45) is 3.52. The zero-order valence-electron chi connectivity index (χ0n) is 11.3. The molecule has 4 nitrogen and oxygen atoms in total. The smallest absolute Gasteiger partial charge is 0.122 e. The lowest BCUT2D eigenvalue weighted by Crippen LogP contribution is -1.98. The van der Waals surface area contributed by atoms with Crippen molar-refractivity contribution in [2.24, 2.45) is 7.05 Å². The second-order valence-electron chi connectivity index (χ2n) is 4.27. The van der Waals surface area contributed by atoms with Gasteiger partial charge in [0.2, 0.25) is 0 Å². The highest BCUT2D eigenvalue weighted by atomic mass is 79.9. The van der Waals surface area contributed by atoms with Crippen molar-refractivity contribution in [3.63, 3.8) is 0 Å². The molecule has 0 aliphatic carbocycles. The van der Waals surface area contributed by atoms with Crippen LogP contribution in [0.15, 0.2) is 29.1 Å². The fraction of sp³-hybridized carbons (Fsp3) is 0.357. The Morgan fingerprint density at radius 1 is 1.21 bits per heavy atom. The predicted molar refractivity (Wildman–Crippen MR) is 77.9 cm³/mol. The molecular formula is C14H17BrN2O2. The standard InChI is InChI=1S/C14H17BrN2O2/c1-17-9-16-12(14(17)15)6-4-10-8-11(18-2)5-7-13(10)19-3/h5,7-9H,4,6H2,1-3H3. The van der Waals surface area contributed by atoms with Gasteiger partial charge in [0.05, 0.1) is 26.2 Å². The Morgan fingerprint density at radius 2 is 2.00 bits per heavy atom. The molecular weight excluding hydrogens is 308 g/mol. The van der Waals surface area contributed by atoms with E-state index < -0.39 is 0 Å². The Balaban J connectivity index is 2.16. The molecule has 0 fully saturated rings. The fourth-order valence-corrected chi connectivity index (χ4v) is 2.35. The number of benzene rings is 1. The van der Waals surface area contributed by atoms with Crippen LogP contribution in [0.4, 0.5) is 0 Å². The first-order valence-corrected chi connectivity index (χ1v) is 6.81. The number of methoxy groups -OCH3 is 2. The van der Waals surface area contributed by atoms with E-state index in [0.717, 1.165) is 40.2 Å². The monoisotopic (exact) mass is 324 g/mol. The number of hydrogen-bond donors (Lipinski definition) is 0. The quantitative estimate of drug-likeness (QED) is 0.848. The molecule has 0 N–H and O–H groups in total. The van der Waals surface area contributed by atoms with Crippen LogP contribution in [0.1, 0.15) is 11.3 Å². The van der Waals surface area contributed by atoms with Crippen LogP contribution in [0.25, 0.3) is 0 Å². The Hall–Kier alpha value is -1.49. The van der Waals surface area contributed by atoms with Gasteiger partial charge in [-0.1, -0.05) is 0 Å². The summed E-state index contributed by atoms with van der Waals surface area (Å²) in [6, 6.07) is 5.84. The van der Waals surface area contributed by atoms with Gasteiger partial charge in [-0.3, -0.25) is 0 Å². The van der Waals surface area contributed by atoms with E-state index in [2.05, 4.69) is 20.9 Å². The Bertz CT molecular complexity index is 567. The summed E-state index contributed by atoms with van der Waals surface area (Å²) >= 11 is 3.53. The van der Waals surface area contributed by atoms with Crippen LogP contribution >= 0.6 is 15.9 Å². The molecule has 0 saturated carbocycles. The Kier molecular flexibility index (Phi) is 4.47. The van der Waals surface area contributed by atoms with Gasteiger partial charge in [0, 0.05) is 7.05 Å². The maximum atomic E-state index is 5.38. The molecule has 2 rings (SSSR count). The lowest BCUT2D eigenvalue weighted by molar-refractivity contribution is 0.398. The van der Waals surface area contributed by atoms with E-state index in [9.17, 15) is 0 Å². The van der Waals surface area contributed by atoms with E-state index in [4.69, 9.17) is 9.47 Å². The summed E-state index contributed by atoms with van der Waals surface area (Å²) in [7, 11) is 5.32. The van der Waals surface area contributed by atoms with Crippen LogP contribution in [-0.4, -0.2) is 23.8 Å². The molecule has 0 aliphatic heterocycles. The first-order valence-electron chi connectivity index (χ1n) is 6.02. The summed E-state index contributed by atoms with van der Waals surface area (Å²) in [5, 5.41) is 0. The number of aromatic nitrogens is 2. The molecule has 0 bridgehead atoms. The number of rotatable bonds is 5. The number of halogens is 1. The van der Waals surface area contributed by atoms with Gasteiger partial charge in [-0.15, -0.1) is 0 Å². The van der Waals surface area contributed by atoms with Gasteiger partial charge in [-0.05, 0) is 52.5 Å². The minimum Gasteiger partial charge on any atom is -0.497 e. The number of hydrogen-bond acceptors (Lipinski definition) is 3. The van der Waals surface area contributed by atoms with Gasteiger partial charge in [0.1, 0.15) is 16.1 Å². The molecule has 0 saturated heterocycles. The normalized spacial score (nSPS) is 10.5. The molecule has 1 heterocycles. The number of imidazole rings is 1. The molecule has 19 heavy (non-hydrogen) atoms. The van der Waals surface area contributed by atoms with Crippen LogP contribution in [0.5, 0.6) is 11.5 Å². The lowest BCUT2D eigenvalue weighted by Gasteiger charge is -2.10. The average Bonchev–Trinajstić information content (AvgIpc) is 2.76. The molecule has 0 spiro atoms. The minimum absolute atomic E-state index is 0.843. The molecule has 1 aromatic heterocycles. The van der Waals surface area contributed by atoms with Gasteiger partial charge in [-0.25, -0.2) is 4.98 Å². The molecule has 0 unspecified atom stereocenters. The first kappa shape index (κ1) is 13.9. The molecule has 5 heteroatoms. The highest BCUT2D eigenvalue weighted by Crippen LogP contribution is 2.26. The predicted octanol–water partition coefficient (Wildman–Crippen LogP) is 2.99. The van der Waals surface area contributed by atoms with Gasteiger partial charge in [0.15, 0.2) is 0 Å². The maximum absolute atomic E-state index is 5.38. The molecule has 1 aromatic carbocycles. The zero-order valence-corrected chi connectivity index (χ0v) is 12.9. The van der Waals surface area contributed by atoms with Crippen molar-refractivity contribution in [2.75, 3.05) is 14.2 Å². The molecule has 2 aromatic rings. The van der Waals surface area contributed by atoms with Crippen molar-refractivity contribution in [1.29, 1.82) is 0 Å². The van der Waals surface area contributed by atoms with E-state index in [1.165, 1.54) is 0 Å². The Morgan fingerprint density at radius 3 is 2.58 bits per heavy atom. The van der Waals surface area contributed by atoms with Crippen LogP contribution < -0.4 is 9.47 Å². The summed E-state index contributed by atoms with van der Waals surface area (Å²) < 4.78 is 13.6. The largest absolute Gasteiger partial charge is 0.497 e. The lowest BCUT2D eigenvalue weighted by atomic mass is 10.1. The third-order valence-corrected chi connectivity index (χ3v) is 4.07. The fourth-order valence-electron chi connectivity index (χ4n) is 1.96. The van der Waals surface area contributed by atoms with Gasteiger partial charge in [-0.2, -0.15) is 0 Å². The highest BCUT2D eigenvalue weighted by Gasteiger charge is 2.09. The van der Waals surface area contributed by atoms with Crippen molar-refractivity contribution in [2.45, 2.75) is 12.8 Å². The van der Waals surface area contributed by atoms with E-state index in [1.54, 1.807) is 14.2 Å². The first-order chi connectivity index (χ1) is 9.15. The SMILES string of the molecule is COc1ccc(OC)c(CCc2ncn(C)c2Br)c1. The van der Waals surface area contributed by atoms with Crippen molar-refractivity contribution < 1.29 is 9.47 Å². The van der Waals surface area contributed by atoms with E-state index >= 15 is 0 Å². The van der Waals surface area contributed by atoms with Crippen molar-refractivity contribution >= 4 is 15.9 Å². The second-order valence-corrected chi connectivity index (χ2v) is 5.02. The van der Waals surface area contributed by atoms with Gasteiger partial charge in [0.25, 0.3) is 0 Å².